The summed E-state index contributed by atoms with van der Waals surface area (Å²) in [5.74, 6) is -1.42. The predicted molar refractivity (Wildman–Crippen MR) is 151 cm³/mol. The van der Waals surface area contributed by atoms with Crippen LogP contribution in [0.4, 0.5) is 10.1 Å². The zero-order chi connectivity index (χ0) is 28.6. The van der Waals surface area contributed by atoms with Crippen molar-refractivity contribution in [2.45, 2.75) is 58.0 Å². The summed E-state index contributed by atoms with van der Waals surface area (Å²) in [6.45, 7) is 7.55. The normalized spacial score (nSPS) is 12.0. The molecule has 1 unspecified atom stereocenters. The lowest BCUT2D eigenvalue weighted by molar-refractivity contribution is -0.139. The van der Waals surface area contributed by atoms with Crippen molar-refractivity contribution in [2.24, 2.45) is 0 Å². The fourth-order valence-corrected chi connectivity index (χ4v) is 5.40. The molecule has 0 radical (unpaired) electrons. The molecular weight excluding hydrogens is 517 g/mol. The number of carbonyl (C=O) groups excluding carboxylic acids is 2. The van der Waals surface area contributed by atoms with E-state index in [0.717, 1.165) is 46.0 Å². The van der Waals surface area contributed by atoms with Crippen LogP contribution < -0.4 is 9.62 Å². The van der Waals surface area contributed by atoms with Crippen LogP contribution in [0.5, 0.6) is 0 Å². The van der Waals surface area contributed by atoms with Crippen LogP contribution >= 0.6 is 0 Å². The molecule has 0 heterocycles. The molecule has 0 saturated heterocycles. The molecule has 1 N–H and O–H groups in total. The van der Waals surface area contributed by atoms with Crippen molar-refractivity contribution in [2.75, 3.05) is 17.4 Å². The Morgan fingerprint density at radius 3 is 2.03 bits per heavy atom. The van der Waals surface area contributed by atoms with Crippen LogP contribution in [0.1, 0.15) is 43.4 Å². The van der Waals surface area contributed by atoms with Crippen molar-refractivity contribution in [3.8, 4) is 0 Å². The molecule has 0 fully saturated rings. The largest absolute Gasteiger partial charge is 0.354 e. The van der Waals surface area contributed by atoms with Crippen LogP contribution in [0, 0.1) is 19.7 Å². The predicted octanol–water partition coefficient (Wildman–Crippen LogP) is 4.97. The van der Waals surface area contributed by atoms with Gasteiger partial charge >= 0.3 is 0 Å². The molecule has 208 valence electrons. The second-order valence-corrected chi connectivity index (χ2v) is 11.5. The number of anilines is 1. The summed E-state index contributed by atoms with van der Waals surface area (Å²) in [6, 6.07) is 18.0. The summed E-state index contributed by atoms with van der Waals surface area (Å²) >= 11 is 0. The van der Waals surface area contributed by atoms with Gasteiger partial charge in [0.1, 0.15) is 18.4 Å². The van der Waals surface area contributed by atoms with Crippen LogP contribution in [0.2, 0.25) is 0 Å². The topological polar surface area (TPSA) is 86.8 Å². The van der Waals surface area contributed by atoms with Crippen molar-refractivity contribution in [3.05, 3.63) is 95.3 Å². The number of hydrogen-bond acceptors (Lipinski definition) is 4. The Bertz CT molecular complexity index is 1360. The lowest BCUT2D eigenvalue weighted by atomic mass is 10.1. The molecule has 2 amide bonds. The van der Waals surface area contributed by atoms with Crippen LogP contribution in [0.25, 0.3) is 0 Å². The van der Waals surface area contributed by atoms with Gasteiger partial charge in [0.05, 0.1) is 10.6 Å². The minimum Gasteiger partial charge on any atom is -0.354 e. The number of unbranched alkanes of at least 4 members (excludes halogenated alkanes) is 1. The maximum absolute atomic E-state index is 13.9. The number of carbonyl (C=O) groups is 2. The van der Waals surface area contributed by atoms with Crippen molar-refractivity contribution in [1.29, 1.82) is 0 Å². The first-order valence-corrected chi connectivity index (χ1v) is 14.4. The molecule has 0 saturated carbocycles. The monoisotopic (exact) mass is 553 g/mol. The molecule has 9 heteroatoms. The van der Waals surface area contributed by atoms with Gasteiger partial charge in [-0.2, -0.15) is 0 Å². The van der Waals surface area contributed by atoms with Gasteiger partial charge in [-0.15, -0.1) is 0 Å². The summed E-state index contributed by atoms with van der Waals surface area (Å²) < 4.78 is 42.0. The van der Waals surface area contributed by atoms with Crippen molar-refractivity contribution in [1.82, 2.24) is 10.2 Å². The van der Waals surface area contributed by atoms with Gasteiger partial charge in [0.25, 0.3) is 10.0 Å². The van der Waals surface area contributed by atoms with Gasteiger partial charge in [0.2, 0.25) is 11.8 Å². The molecular formula is C30H36FN3O4S. The SMILES string of the molecule is CCCCNC(=O)C(C)N(Cc1ccc(C)cc1)C(=O)CN(c1ccc(C)cc1)S(=O)(=O)c1ccc(F)cc1. The van der Waals surface area contributed by atoms with Crippen molar-refractivity contribution >= 4 is 27.5 Å². The third-order valence-electron chi connectivity index (χ3n) is 6.47. The Hall–Kier alpha value is -3.72. The molecule has 3 aromatic rings. The number of hydrogen-bond donors (Lipinski definition) is 1. The van der Waals surface area contributed by atoms with Crippen LogP contribution in [-0.2, 0) is 26.2 Å². The van der Waals surface area contributed by atoms with Crippen LogP contribution in [-0.4, -0.2) is 44.3 Å². The van der Waals surface area contributed by atoms with E-state index in [-0.39, 0.29) is 23.0 Å². The van der Waals surface area contributed by atoms with Gasteiger partial charge in [-0.25, -0.2) is 12.8 Å². The second-order valence-electron chi connectivity index (χ2n) is 9.63. The minimum absolute atomic E-state index is 0.125. The Morgan fingerprint density at radius 1 is 0.897 bits per heavy atom. The zero-order valence-corrected chi connectivity index (χ0v) is 23.7. The minimum atomic E-state index is -4.24. The Balaban J connectivity index is 1.98. The maximum Gasteiger partial charge on any atom is 0.264 e. The number of nitrogens with zero attached hydrogens (tertiary/aromatic N) is 2. The Kier molecular flexibility index (Phi) is 10.2. The molecule has 3 aromatic carbocycles. The first-order chi connectivity index (χ1) is 18.5. The van der Waals surface area contributed by atoms with E-state index in [1.54, 1.807) is 31.2 Å². The van der Waals surface area contributed by atoms with E-state index in [0.29, 0.717) is 6.54 Å². The summed E-state index contributed by atoms with van der Waals surface area (Å²) in [4.78, 5) is 28.1. The molecule has 0 aliphatic rings. The van der Waals surface area contributed by atoms with Gasteiger partial charge in [0.15, 0.2) is 0 Å². The highest BCUT2D eigenvalue weighted by atomic mass is 32.2. The molecule has 0 aromatic heterocycles. The van der Waals surface area contributed by atoms with Gasteiger partial charge in [0, 0.05) is 13.1 Å². The zero-order valence-electron chi connectivity index (χ0n) is 22.9. The average Bonchev–Trinajstić information content (AvgIpc) is 2.91. The summed E-state index contributed by atoms with van der Waals surface area (Å²) in [7, 11) is -4.24. The lowest BCUT2D eigenvalue weighted by Crippen LogP contribution is -2.51. The van der Waals surface area contributed by atoms with E-state index >= 15 is 0 Å². The van der Waals surface area contributed by atoms with E-state index in [9.17, 15) is 22.4 Å². The van der Waals surface area contributed by atoms with Crippen molar-refractivity contribution < 1.29 is 22.4 Å². The molecule has 0 spiro atoms. The van der Waals surface area contributed by atoms with E-state index in [1.807, 2.05) is 45.0 Å². The summed E-state index contributed by atoms with van der Waals surface area (Å²) in [5.41, 5.74) is 3.07. The van der Waals surface area contributed by atoms with Gasteiger partial charge < -0.3 is 10.2 Å². The fourth-order valence-electron chi connectivity index (χ4n) is 3.98. The van der Waals surface area contributed by atoms with Gasteiger partial charge in [-0.1, -0.05) is 60.9 Å². The molecule has 0 aliphatic carbocycles. The molecule has 39 heavy (non-hydrogen) atoms. The number of halogens is 1. The highest BCUT2D eigenvalue weighted by Gasteiger charge is 2.32. The average molecular weight is 554 g/mol. The third kappa shape index (κ3) is 7.89. The first kappa shape index (κ1) is 29.8. The summed E-state index contributed by atoms with van der Waals surface area (Å²) in [5, 5.41) is 2.87. The number of aryl methyl sites for hydroxylation is 2. The number of benzene rings is 3. The smallest absolute Gasteiger partial charge is 0.264 e. The van der Waals surface area contributed by atoms with E-state index < -0.39 is 34.3 Å². The number of rotatable bonds is 12. The highest BCUT2D eigenvalue weighted by molar-refractivity contribution is 7.92. The second kappa shape index (κ2) is 13.4. The quantitative estimate of drug-likeness (QED) is 0.321. The Labute approximate surface area is 230 Å². The summed E-state index contributed by atoms with van der Waals surface area (Å²) in [6.07, 6.45) is 1.72. The molecule has 0 bridgehead atoms. The Morgan fingerprint density at radius 2 is 1.46 bits per heavy atom. The maximum atomic E-state index is 13.9. The van der Waals surface area contributed by atoms with Gasteiger partial charge in [-0.3, -0.25) is 13.9 Å². The van der Waals surface area contributed by atoms with E-state index in [1.165, 1.54) is 17.0 Å². The molecule has 3 rings (SSSR count). The molecule has 0 aliphatic heterocycles. The lowest BCUT2D eigenvalue weighted by Gasteiger charge is -2.32. The van der Waals surface area contributed by atoms with Crippen LogP contribution in [0.3, 0.4) is 0 Å². The standard InChI is InChI=1S/C30H36FN3O4S/c1-5-6-19-32-30(36)24(4)33(20-25-11-7-22(2)8-12-25)29(35)21-34(27-15-9-23(3)10-16-27)39(37,38)28-17-13-26(31)14-18-28/h7-18,24H,5-6,19-21H2,1-4H3,(H,32,36). The first-order valence-electron chi connectivity index (χ1n) is 13.0. The number of sulfonamides is 1. The third-order valence-corrected chi connectivity index (χ3v) is 8.26. The number of nitrogens with one attached hydrogen (secondary N) is 1. The van der Waals surface area contributed by atoms with Crippen molar-refractivity contribution in [3.63, 3.8) is 0 Å². The van der Waals surface area contributed by atoms with E-state index in [4.69, 9.17) is 0 Å². The van der Waals surface area contributed by atoms with E-state index in [2.05, 4.69) is 5.32 Å². The van der Waals surface area contributed by atoms with Crippen LogP contribution in [0.15, 0.2) is 77.7 Å². The fraction of sp³-hybridized carbons (Fsp3) is 0.333. The van der Waals surface area contributed by atoms with Gasteiger partial charge in [-0.05, 0) is 69.2 Å². The highest BCUT2D eigenvalue weighted by Crippen LogP contribution is 2.25. The molecule has 1 atom stereocenters. The molecule has 7 nitrogen and oxygen atoms in total. The number of amides is 2.